The van der Waals surface area contributed by atoms with E-state index in [1.165, 1.54) is 6.42 Å². The van der Waals surface area contributed by atoms with E-state index in [0.717, 1.165) is 48.6 Å². The predicted molar refractivity (Wildman–Crippen MR) is 105 cm³/mol. The van der Waals surface area contributed by atoms with Crippen molar-refractivity contribution >= 4 is 17.8 Å². The van der Waals surface area contributed by atoms with E-state index in [0.29, 0.717) is 5.57 Å². The Balaban J connectivity index is 1.62. The van der Waals surface area contributed by atoms with Gasteiger partial charge in [-0.2, -0.15) is 0 Å². The summed E-state index contributed by atoms with van der Waals surface area (Å²) < 4.78 is 10.8. The number of rotatable bonds is 4. The van der Waals surface area contributed by atoms with Gasteiger partial charge in [-0.1, -0.05) is 31.4 Å². The molecule has 5 nitrogen and oxygen atoms in total. The van der Waals surface area contributed by atoms with Crippen molar-refractivity contribution in [3.05, 3.63) is 53.7 Å². The van der Waals surface area contributed by atoms with Crippen LogP contribution < -0.4 is 14.4 Å². The molecule has 0 radical (unpaired) electrons. The van der Waals surface area contributed by atoms with Crippen LogP contribution in [-0.4, -0.2) is 23.7 Å². The van der Waals surface area contributed by atoms with Gasteiger partial charge in [0.1, 0.15) is 5.82 Å². The Bertz CT molecular complexity index is 842. The zero-order chi connectivity index (χ0) is 18.6. The maximum absolute atomic E-state index is 13.3. The van der Waals surface area contributed by atoms with Crippen molar-refractivity contribution in [1.82, 2.24) is 4.98 Å². The fraction of sp³-hybridized carbons (Fsp3) is 0.364. The first kappa shape index (κ1) is 17.6. The molecule has 1 saturated carbocycles. The van der Waals surface area contributed by atoms with Crippen molar-refractivity contribution < 1.29 is 14.3 Å². The normalized spacial score (nSPS) is 17.0. The number of anilines is 1. The third-order valence-corrected chi connectivity index (χ3v) is 5.17. The average molecular weight is 364 g/mol. The van der Waals surface area contributed by atoms with Gasteiger partial charge in [-0.15, -0.1) is 0 Å². The summed E-state index contributed by atoms with van der Waals surface area (Å²) in [6.45, 7) is 2.11. The van der Waals surface area contributed by atoms with Gasteiger partial charge >= 0.3 is 0 Å². The molecule has 2 aromatic rings. The van der Waals surface area contributed by atoms with Crippen molar-refractivity contribution in [1.29, 1.82) is 0 Å². The molecule has 1 aliphatic carbocycles. The second-order valence-corrected chi connectivity index (χ2v) is 7.09. The van der Waals surface area contributed by atoms with E-state index in [1.54, 1.807) is 6.20 Å². The third-order valence-electron chi connectivity index (χ3n) is 5.17. The first-order chi connectivity index (χ1) is 13.2. The molecule has 0 N–H and O–H groups in total. The number of aromatic nitrogens is 1. The van der Waals surface area contributed by atoms with Crippen LogP contribution in [0, 0.1) is 0 Å². The number of amides is 1. The number of hydrogen-bond acceptors (Lipinski definition) is 4. The van der Waals surface area contributed by atoms with Gasteiger partial charge in [0.05, 0.1) is 0 Å². The number of ether oxygens (including phenoxy) is 2. The van der Waals surface area contributed by atoms with Crippen LogP contribution >= 0.6 is 0 Å². The maximum atomic E-state index is 13.3. The minimum atomic E-state index is 0.0123. The number of nitrogens with zero attached hydrogens (tertiary/aromatic N) is 2. The van der Waals surface area contributed by atoms with Crippen LogP contribution in [0.4, 0.5) is 5.82 Å². The summed E-state index contributed by atoms with van der Waals surface area (Å²) in [4.78, 5) is 19.7. The highest BCUT2D eigenvalue weighted by Gasteiger charge is 2.28. The topological polar surface area (TPSA) is 51.7 Å². The van der Waals surface area contributed by atoms with Gasteiger partial charge in [0.2, 0.25) is 6.79 Å². The minimum Gasteiger partial charge on any atom is -0.454 e. The summed E-state index contributed by atoms with van der Waals surface area (Å²) in [6, 6.07) is 11.7. The SMILES string of the molecule is C/C(=C/c1ccc2c(c1)OCO2)C(=O)N(c1ccccn1)C1CCCCC1. The van der Waals surface area contributed by atoms with Gasteiger partial charge in [-0.25, -0.2) is 4.98 Å². The van der Waals surface area contributed by atoms with E-state index in [9.17, 15) is 4.79 Å². The van der Waals surface area contributed by atoms with Crippen LogP contribution in [-0.2, 0) is 4.79 Å². The molecule has 1 aromatic carbocycles. The lowest BCUT2D eigenvalue weighted by Crippen LogP contribution is -2.42. The highest BCUT2D eigenvalue weighted by Crippen LogP contribution is 2.33. The molecule has 2 heterocycles. The molecule has 2 aliphatic rings. The Morgan fingerprint density at radius 2 is 1.93 bits per heavy atom. The first-order valence-electron chi connectivity index (χ1n) is 9.55. The van der Waals surface area contributed by atoms with Crippen LogP contribution in [0.15, 0.2) is 48.2 Å². The number of carbonyl (C=O) groups excluding carboxylic acids is 1. The second-order valence-electron chi connectivity index (χ2n) is 7.09. The molecule has 4 rings (SSSR count). The van der Waals surface area contributed by atoms with Crippen LogP contribution in [0.3, 0.4) is 0 Å². The Labute approximate surface area is 159 Å². The number of hydrogen-bond donors (Lipinski definition) is 0. The van der Waals surface area contributed by atoms with E-state index in [1.807, 2.05) is 54.3 Å². The van der Waals surface area contributed by atoms with Gasteiger partial charge < -0.3 is 9.47 Å². The van der Waals surface area contributed by atoms with Crippen molar-refractivity contribution in [3.8, 4) is 11.5 Å². The predicted octanol–water partition coefficient (Wildman–Crippen LogP) is 4.58. The average Bonchev–Trinajstić information content (AvgIpc) is 3.17. The first-order valence-corrected chi connectivity index (χ1v) is 9.55. The van der Waals surface area contributed by atoms with E-state index in [-0.39, 0.29) is 18.7 Å². The van der Waals surface area contributed by atoms with Crippen LogP contribution in [0.5, 0.6) is 11.5 Å². The van der Waals surface area contributed by atoms with Crippen molar-refractivity contribution in [2.45, 2.75) is 45.1 Å². The lowest BCUT2D eigenvalue weighted by Gasteiger charge is -2.33. The molecule has 0 saturated heterocycles. The molecule has 1 aliphatic heterocycles. The summed E-state index contributed by atoms with van der Waals surface area (Å²) in [5.41, 5.74) is 1.61. The molecular formula is C22H24N2O3. The zero-order valence-corrected chi connectivity index (χ0v) is 15.6. The van der Waals surface area contributed by atoms with Gasteiger partial charge in [0.25, 0.3) is 5.91 Å². The fourth-order valence-corrected chi connectivity index (χ4v) is 3.80. The summed E-state index contributed by atoms with van der Waals surface area (Å²) in [5, 5.41) is 0. The van der Waals surface area contributed by atoms with Crippen LogP contribution in [0.25, 0.3) is 6.08 Å². The maximum Gasteiger partial charge on any atom is 0.255 e. The largest absolute Gasteiger partial charge is 0.454 e. The standard InChI is InChI=1S/C22H24N2O3/c1-16(13-17-10-11-19-20(14-17)27-15-26-19)22(25)24(18-7-3-2-4-8-18)21-9-5-6-12-23-21/h5-6,9-14,18H,2-4,7-8,15H2,1H3/b16-13-. The lowest BCUT2D eigenvalue weighted by molar-refractivity contribution is -0.115. The van der Waals surface area contributed by atoms with Gasteiger partial charge in [-0.05, 0) is 55.7 Å². The number of carbonyl (C=O) groups is 1. The Morgan fingerprint density at radius 3 is 2.70 bits per heavy atom. The van der Waals surface area contributed by atoms with Crippen LogP contribution in [0.1, 0.15) is 44.6 Å². The summed E-state index contributed by atoms with van der Waals surface area (Å²) in [5.74, 6) is 2.21. The van der Waals surface area contributed by atoms with E-state index in [4.69, 9.17) is 9.47 Å². The highest BCUT2D eigenvalue weighted by atomic mass is 16.7. The van der Waals surface area contributed by atoms with Gasteiger partial charge in [0.15, 0.2) is 11.5 Å². The summed E-state index contributed by atoms with van der Waals surface area (Å²) in [7, 11) is 0. The van der Waals surface area contributed by atoms with Crippen molar-refractivity contribution in [2.75, 3.05) is 11.7 Å². The van der Waals surface area contributed by atoms with Crippen LogP contribution in [0.2, 0.25) is 0 Å². The number of pyridine rings is 1. The molecule has 0 atom stereocenters. The van der Waals surface area contributed by atoms with E-state index in [2.05, 4.69) is 4.98 Å². The van der Waals surface area contributed by atoms with E-state index < -0.39 is 0 Å². The summed E-state index contributed by atoms with van der Waals surface area (Å²) >= 11 is 0. The molecule has 27 heavy (non-hydrogen) atoms. The monoisotopic (exact) mass is 364 g/mol. The zero-order valence-electron chi connectivity index (χ0n) is 15.6. The number of benzene rings is 1. The second kappa shape index (κ2) is 7.82. The molecule has 0 bridgehead atoms. The molecule has 1 fully saturated rings. The highest BCUT2D eigenvalue weighted by molar-refractivity contribution is 6.07. The molecule has 0 unspecified atom stereocenters. The van der Waals surface area contributed by atoms with Crippen molar-refractivity contribution in [3.63, 3.8) is 0 Å². The Kier molecular flexibility index (Phi) is 5.10. The number of fused-ring (bicyclic) bond motifs is 1. The molecule has 0 spiro atoms. The smallest absolute Gasteiger partial charge is 0.255 e. The van der Waals surface area contributed by atoms with E-state index >= 15 is 0 Å². The lowest BCUT2D eigenvalue weighted by atomic mass is 9.93. The molecule has 1 amide bonds. The van der Waals surface area contributed by atoms with Gasteiger partial charge in [-0.3, -0.25) is 9.69 Å². The van der Waals surface area contributed by atoms with Crippen molar-refractivity contribution in [2.24, 2.45) is 0 Å². The minimum absolute atomic E-state index is 0.0123. The third kappa shape index (κ3) is 3.82. The summed E-state index contributed by atoms with van der Waals surface area (Å²) in [6.07, 6.45) is 9.27. The molecule has 140 valence electrons. The molecule has 1 aromatic heterocycles. The Morgan fingerprint density at radius 1 is 1.11 bits per heavy atom. The van der Waals surface area contributed by atoms with Gasteiger partial charge in [0, 0.05) is 17.8 Å². The molecule has 5 heteroatoms. The Hall–Kier alpha value is -2.82. The fourth-order valence-electron chi connectivity index (χ4n) is 3.80. The quantitative estimate of drug-likeness (QED) is 0.745. The molecular weight excluding hydrogens is 340 g/mol.